The number of nitrogens with two attached hydrogens (primary N) is 3. The van der Waals surface area contributed by atoms with E-state index in [-0.39, 0.29) is 78.9 Å². The number of carbonyl (C=O) groups is 10. The Morgan fingerprint density at radius 2 is 1.35 bits per heavy atom. The fourth-order valence-corrected chi connectivity index (χ4v) is 6.36. The van der Waals surface area contributed by atoms with Crippen LogP contribution in [0.1, 0.15) is 68.4 Å². The Kier molecular flexibility index (Phi) is 25.2. The summed E-state index contributed by atoms with van der Waals surface area (Å²) < 4.78 is 0. The van der Waals surface area contributed by atoms with Crippen molar-refractivity contribution in [3.63, 3.8) is 0 Å². The third-order valence-electron chi connectivity index (χ3n) is 9.64. The highest BCUT2D eigenvalue weighted by Crippen LogP contribution is 2.14. The van der Waals surface area contributed by atoms with Gasteiger partial charge in [0.1, 0.15) is 30.2 Å². The van der Waals surface area contributed by atoms with E-state index in [1.165, 1.54) is 31.3 Å². The van der Waals surface area contributed by atoms with E-state index in [0.717, 1.165) is 6.92 Å². The molecule has 2 aromatic heterocycles. The van der Waals surface area contributed by atoms with Crippen molar-refractivity contribution >= 4 is 101 Å². The highest BCUT2D eigenvalue weighted by molar-refractivity contribution is 7.80. The maximum Gasteiger partial charge on any atom is 0.327 e. The lowest BCUT2D eigenvalue weighted by atomic mass is 10.1. The number of nitrogens with one attached hydrogen (secondary N) is 8. The molecule has 0 spiro atoms. The molecular weight excluding hydrogens is 1000 g/mol. The van der Waals surface area contributed by atoms with Gasteiger partial charge in [-0.1, -0.05) is 6.08 Å². The summed E-state index contributed by atoms with van der Waals surface area (Å²) in [6.45, 7) is 1.83. The van der Waals surface area contributed by atoms with E-state index >= 15 is 0 Å². The molecule has 0 fully saturated rings. The number of H-pyrrole nitrogens is 1. The number of hydrogen-bond donors (Lipinski definition) is 17. The van der Waals surface area contributed by atoms with Crippen molar-refractivity contribution in [1.82, 2.24) is 51.8 Å². The Morgan fingerprint density at radius 3 is 1.91 bits per heavy atom. The first-order valence-corrected chi connectivity index (χ1v) is 22.5. The Balaban J connectivity index is 0.00000451. The summed E-state index contributed by atoms with van der Waals surface area (Å²) in [5, 5.41) is 62.7. The number of aliphatic imine (C=N–C) groups is 1. The zero-order chi connectivity index (χ0) is 55.7. The van der Waals surface area contributed by atoms with Crippen LogP contribution in [0.25, 0.3) is 11.2 Å². The molecule has 0 saturated carbocycles. The molecule has 3 rings (SSSR count). The zero-order valence-corrected chi connectivity index (χ0v) is 40.5. The molecule has 0 saturated heterocycles. The van der Waals surface area contributed by atoms with Gasteiger partial charge in [-0.25, -0.2) is 19.6 Å². The number of amides is 5. The van der Waals surface area contributed by atoms with Crippen molar-refractivity contribution in [2.24, 2.45) is 16.5 Å². The molecule has 0 bridgehead atoms. The van der Waals surface area contributed by atoms with Crippen molar-refractivity contribution in [1.29, 1.82) is 0 Å². The van der Waals surface area contributed by atoms with Crippen LogP contribution in [0.4, 0.5) is 11.6 Å². The number of fused-ring (bicyclic) bond motifs is 1. The second-order valence-electron chi connectivity index (χ2n) is 15.5. The first kappa shape index (κ1) is 61.0. The average molecular weight is 1060 g/mol. The van der Waals surface area contributed by atoms with Crippen LogP contribution in [0.5, 0.6) is 0 Å². The van der Waals surface area contributed by atoms with Gasteiger partial charge in [0, 0.05) is 36.2 Å². The molecule has 3 unspecified atom stereocenters. The normalized spacial score (nSPS) is 12.8. The SMILES string of the molecule is C/C=C(\CC[C@@H](NC(=O)c1ccc(NCc2cnc3nc(N)[nH]c(=O)c3n2)cc1)C(=O)O)N[C@H](CC(=O)O)C(=O)NC(CCCN=C(N)N)C(=O)NC(CC(=O)O)C(=O)NCC(=O)NC(CS)C(=O)O.CC(=O)O. The highest BCUT2D eigenvalue weighted by atomic mass is 32.1. The van der Waals surface area contributed by atoms with Gasteiger partial charge < -0.3 is 80.0 Å². The molecule has 0 aliphatic carbocycles. The molecule has 2 heterocycles. The van der Waals surface area contributed by atoms with Gasteiger partial charge in [-0.05, 0) is 56.9 Å². The minimum Gasteiger partial charge on any atom is -0.481 e. The monoisotopic (exact) mass is 1060 g/mol. The second-order valence-corrected chi connectivity index (χ2v) is 15.8. The summed E-state index contributed by atoms with van der Waals surface area (Å²) in [6, 6.07) is -1.98. The van der Waals surface area contributed by atoms with E-state index in [4.69, 9.17) is 32.2 Å². The lowest BCUT2D eigenvalue weighted by Gasteiger charge is -2.26. The van der Waals surface area contributed by atoms with Crippen LogP contribution >= 0.6 is 12.6 Å². The number of allylic oxidation sites excluding steroid dienone is 2. The second kappa shape index (κ2) is 30.6. The fourth-order valence-electron chi connectivity index (χ4n) is 6.12. The van der Waals surface area contributed by atoms with Crippen molar-refractivity contribution in [3.05, 3.63) is 63.8 Å². The average Bonchev–Trinajstić information content (AvgIpc) is 3.32. The van der Waals surface area contributed by atoms with E-state index in [1.807, 2.05) is 0 Å². The van der Waals surface area contributed by atoms with Gasteiger partial charge in [-0.3, -0.25) is 53.1 Å². The maximum atomic E-state index is 13.7. The predicted molar refractivity (Wildman–Crippen MR) is 263 cm³/mol. The van der Waals surface area contributed by atoms with Crippen LogP contribution in [0.2, 0.25) is 0 Å². The first-order valence-electron chi connectivity index (χ1n) is 21.8. The van der Waals surface area contributed by atoms with E-state index in [2.05, 4.69) is 74.8 Å². The van der Waals surface area contributed by atoms with E-state index in [9.17, 15) is 63.3 Å². The molecule has 5 amide bonds. The Hall–Kier alpha value is -9.10. The summed E-state index contributed by atoms with van der Waals surface area (Å²) >= 11 is 3.82. The van der Waals surface area contributed by atoms with Crippen LogP contribution in [-0.4, -0.2) is 160 Å². The highest BCUT2D eigenvalue weighted by Gasteiger charge is 2.32. The van der Waals surface area contributed by atoms with Crippen LogP contribution in [-0.2, 0) is 49.7 Å². The Morgan fingerprint density at radius 1 is 0.770 bits per heavy atom. The zero-order valence-electron chi connectivity index (χ0n) is 39.6. The third-order valence-corrected chi connectivity index (χ3v) is 10.0. The topological polar surface area (TPSA) is 518 Å². The van der Waals surface area contributed by atoms with E-state index in [0.29, 0.717) is 11.4 Å². The maximum absolute atomic E-state index is 13.7. The molecule has 0 radical (unpaired) electrons. The van der Waals surface area contributed by atoms with Gasteiger partial charge >= 0.3 is 23.9 Å². The first-order chi connectivity index (χ1) is 34.8. The molecule has 32 heteroatoms. The molecule has 19 N–H and O–H groups in total. The standard InChI is InChI=1S/C40H53N15O14S.C2H4O2/c1-2-19(9-10-23(37(66)67)52-32(61)18-5-7-20(8-6-18)45-14-21-15-46-31-30(49-21)36(65)55-40(43)54-31)48-25(13-29(59)60)35(64)51-22(4-3-11-44-39(41)42)34(63)53-24(12-28(57)58)33(62)47-16-27(56)50-26(17-70)38(68)69;1-2(3)4/h2,5-8,15,22-26,45,48,70H,3-4,9-14,16-17H2,1H3,(H,47,62)(H,50,56)(H,51,64)(H,52,61)(H,53,63)(H,57,58)(H,59,60)(H,66,67)(H,68,69)(H4,41,42,44)(H3,43,46,54,55,65);1H3,(H,3,4)/b19-2+;/t22?,23-,24?,25-,26?;/m1./s1. The van der Waals surface area contributed by atoms with Crippen LogP contribution < -0.4 is 60.0 Å². The predicted octanol–water partition coefficient (Wildman–Crippen LogP) is -3.59. The molecule has 0 aliphatic heterocycles. The van der Waals surface area contributed by atoms with Crippen molar-refractivity contribution in [2.45, 2.75) is 89.1 Å². The summed E-state index contributed by atoms with van der Waals surface area (Å²) in [4.78, 5) is 152. The van der Waals surface area contributed by atoms with Crippen molar-refractivity contribution in [2.75, 3.05) is 29.9 Å². The minimum atomic E-state index is -1.84. The van der Waals surface area contributed by atoms with Crippen LogP contribution in [0, 0.1) is 0 Å². The number of carboxylic acid groups (broad SMARTS) is 5. The number of carboxylic acids is 5. The lowest BCUT2D eigenvalue weighted by molar-refractivity contribution is -0.142. The van der Waals surface area contributed by atoms with Crippen molar-refractivity contribution in [3.8, 4) is 0 Å². The number of guanidine groups is 1. The summed E-state index contributed by atoms with van der Waals surface area (Å²) in [5.41, 5.74) is 17.0. The largest absolute Gasteiger partial charge is 0.481 e. The molecule has 31 nitrogen and oxygen atoms in total. The molecule has 0 aliphatic rings. The van der Waals surface area contributed by atoms with Crippen LogP contribution in [0.3, 0.4) is 0 Å². The number of rotatable bonds is 29. The van der Waals surface area contributed by atoms with Gasteiger partial charge in [-0.2, -0.15) is 17.6 Å². The van der Waals surface area contributed by atoms with Gasteiger partial charge in [0.2, 0.25) is 29.6 Å². The number of nitrogen functional groups attached to an aromatic ring is 1. The quantitative estimate of drug-likeness (QED) is 0.0138. The van der Waals surface area contributed by atoms with Crippen molar-refractivity contribution < 1.29 is 73.5 Å². The van der Waals surface area contributed by atoms with E-state index in [1.54, 1.807) is 12.1 Å². The fraction of sp³-hybridized carbons (Fsp3) is 0.405. The number of nitrogens with zero attached hydrogens (tertiary/aromatic N) is 4. The summed E-state index contributed by atoms with van der Waals surface area (Å²) in [7, 11) is 0. The lowest BCUT2D eigenvalue weighted by Crippen LogP contribution is -2.57. The molecular formula is C42H57N15O16S. The summed E-state index contributed by atoms with van der Waals surface area (Å²) in [5.74, 6) is -12.5. The number of thiol groups is 1. The number of carbonyl (C=O) groups excluding carboxylic acids is 5. The van der Waals surface area contributed by atoms with E-state index < -0.39 is 115 Å². The number of aliphatic carboxylic acids is 5. The molecule has 74 heavy (non-hydrogen) atoms. The molecule has 1 aromatic carbocycles. The van der Waals surface area contributed by atoms with Gasteiger partial charge in [0.15, 0.2) is 17.1 Å². The summed E-state index contributed by atoms with van der Waals surface area (Å²) in [6.07, 6.45) is 0.313. The molecule has 402 valence electrons. The molecule has 5 atom stereocenters. The van der Waals surface area contributed by atoms with Gasteiger partial charge in [0.05, 0.1) is 37.8 Å². The third kappa shape index (κ3) is 22.3. The number of aromatic nitrogens is 4. The van der Waals surface area contributed by atoms with Gasteiger partial charge in [0.25, 0.3) is 17.4 Å². The number of anilines is 2. The number of aromatic amines is 1. The minimum absolute atomic E-state index is 0.0127. The number of benzene rings is 1. The Labute approximate surface area is 424 Å². The number of hydrogen-bond acceptors (Lipinski definition) is 19. The van der Waals surface area contributed by atoms with Crippen LogP contribution in [0.15, 0.2) is 52.0 Å². The smallest absolute Gasteiger partial charge is 0.327 e. The Bertz CT molecular complexity index is 2640. The molecule has 3 aromatic rings. The van der Waals surface area contributed by atoms with Gasteiger partial charge in [-0.15, -0.1) is 0 Å².